The molecule has 0 saturated heterocycles. The molecule has 0 amide bonds. The lowest BCUT2D eigenvalue weighted by atomic mass is 9.84. The van der Waals surface area contributed by atoms with Crippen LogP contribution in [0.15, 0.2) is 48.8 Å². The minimum Gasteiger partial charge on any atom is -0.413 e. The van der Waals surface area contributed by atoms with Gasteiger partial charge in [0.05, 0.1) is 6.10 Å². The first kappa shape index (κ1) is 17.6. The Kier molecular flexibility index (Phi) is 5.49. The normalized spacial score (nSPS) is 13.1. The molecule has 0 bridgehead atoms. The summed E-state index contributed by atoms with van der Waals surface area (Å²) in [6, 6.07) is 11.4. The van der Waals surface area contributed by atoms with E-state index in [1.165, 1.54) is 0 Å². The SMILES string of the molecule is C[SiH](C)OC(c1ccc(C(=O)c2cccnc2)cc1)C(C)(C)C. The van der Waals surface area contributed by atoms with Gasteiger partial charge in [-0.2, -0.15) is 0 Å². The van der Waals surface area contributed by atoms with Crippen LogP contribution >= 0.6 is 0 Å². The molecule has 0 N–H and O–H groups in total. The Morgan fingerprint density at radius 2 is 1.74 bits per heavy atom. The minimum absolute atomic E-state index is 0.00360. The molecule has 2 rings (SSSR count). The van der Waals surface area contributed by atoms with Crippen LogP contribution in [0.2, 0.25) is 13.1 Å². The number of nitrogens with zero attached hydrogens (tertiary/aromatic N) is 1. The second-order valence-electron chi connectivity index (χ2n) is 7.12. The summed E-state index contributed by atoms with van der Waals surface area (Å²) in [5.41, 5.74) is 2.43. The largest absolute Gasteiger partial charge is 0.413 e. The third-order valence-corrected chi connectivity index (χ3v) is 4.41. The lowest BCUT2D eigenvalue weighted by Crippen LogP contribution is -2.25. The van der Waals surface area contributed by atoms with E-state index in [1.807, 2.05) is 24.3 Å². The van der Waals surface area contributed by atoms with E-state index in [0.29, 0.717) is 11.1 Å². The van der Waals surface area contributed by atoms with Gasteiger partial charge in [-0.25, -0.2) is 0 Å². The van der Waals surface area contributed by atoms with Crippen molar-refractivity contribution in [1.82, 2.24) is 4.98 Å². The van der Waals surface area contributed by atoms with Crippen LogP contribution in [0.4, 0.5) is 0 Å². The Hall–Kier alpha value is -1.78. The van der Waals surface area contributed by atoms with Gasteiger partial charge in [-0.15, -0.1) is 0 Å². The Labute approximate surface area is 140 Å². The van der Waals surface area contributed by atoms with E-state index < -0.39 is 9.04 Å². The van der Waals surface area contributed by atoms with E-state index >= 15 is 0 Å². The summed E-state index contributed by atoms with van der Waals surface area (Å²) in [6.45, 7) is 10.9. The molecule has 0 aliphatic heterocycles. The lowest BCUT2D eigenvalue weighted by molar-refractivity contribution is 0.0865. The molecule has 1 atom stereocenters. The molecule has 2 aromatic rings. The zero-order chi connectivity index (χ0) is 17.0. The molecule has 0 radical (unpaired) electrons. The average molecular weight is 328 g/mol. The monoisotopic (exact) mass is 327 g/mol. The molecule has 0 fully saturated rings. The molecule has 23 heavy (non-hydrogen) atoms. The standard InChI is InChI=1S/C19H25NO2Si/c1-19(2,3)18(22-23(4)5)15-10-8-14(9-11-15)17(21)16-7-6-12-20-13-16/h6-13,18,23H,1-5H3. The van der Waals surface area contributed by atoms with Crippen LogP contribution in [-0.2, 0) is 4.43 Å². The van der Waals surface area contributed by atoms with Crippen LogP contribution in [0, 0.1) is 5.41 Å². The Balaban J connectivity index is 2.25. The number of hydrogen-bond donors (Lipinski definition) is 0. The summed E-state index contributed by atoms with van der Waals surface area (Å²) in [6.07, 6.45) is 3.32. The van der Waals surface area contributed by atoms with Crippen molar-refractivity contribution in [2.45, 2.75) is 40.0 Å². The number of benzene rings is 1. The quantitative estimate of drug-likeness (QED) is 0.603. The van der Waals surface area contributed by atoms with Crippen molar-refractivity contribution in [3.8, 4) is 0 Å². The highest BCUT2D eigenvalue weighted by atomic mass is 28.3. The first-order chi connectivity index (χ1) is 10.8. The van der Waals surface area contributed by atoms with Crippen LogP contribution in [0.25, 0.3) is 0 Å². The highest BCUT2D eigenvalue weighted by Crippen LogP contribution is 2.36. The minimum atomic E-state index is -1.15. The van der Waals surface area contributed by atoms with Gasteiger partial charge in [-0.1, -0.05) is 45.0 Å². The molecule has 4 heteroatoms. The van der Waals surface area contributed by atoms with Gasteiger partial charge in [0, 0.05) is 23.5 Å². The highest BCUT2D eigenvalue weighted by molar-refractivity contribution is 6.48. The molecule has 122 valence electrons. The van der Waals surface area contributed by atoms with Crippen molar-refractivity contribution in [3.05, 3.63) is 65.5 Å². The topological polar surface area (TPSA) is 39.2 Å². The van der Waals surface area contributed by atoms with Gasteiger partial charge >= 0.3 is 0 Å². The van der Waals surface area contributed by atoms with E-state index in [9.17, 15) is 4.79 Å². The lowest BCUT2D eigenvalue weighted by Gasteiger charge is -2.33. The van der Waals surface area contributed by atoms with Gasteiger partial charge in [0.1, 0.15) is 0 Å². The first-order valence-corrected chi connectivity index (χ1v) is 10.8. The molecule has 1 aromatic carbocycles. The molecule has 1 aromatic heterocycles. The number of pyridine rings is 1. The third-order valence-electron chi connectivity index (χ3n) is 3.59. The average Bonchev–Trinajstić information content (AvgIpc) is 2.52. The highest BCUT2D eigenvalue weighted by Gasteiger charge is 2.28. The number of aromatic nitrogens is 1. The molecule has 0 aliphatic rings. The van der Waals surface area contributed by atoms with Crippen LogP contribution in [0.1, 0.15) is 48.4 Å². The van der Waals surface area contributed by atoms with E-state index in [2.05, 4.69) is 38.8 Å². The molecule has 1 unspecified atom stereocenters. The zero-order valence-electron chi connectivity index (χ0n) is 14.5. The Bertz CT molecular complexity index is 645. The second kappa shape index (κ2) is 7.19. The summed E-state index contributed by atoms with van der Waals surface area (Å²) in [5.74, 6) is -0.00360. The summed E-state index contributed by atoms with van der Waals surface area (Å²) < 4.78 is 6.23. The smallest absolute Gasteiger partial charge is 0.194 e. The number of hydrogen-bond acceptors (Lipinski definition) is 3. The Morgan fingerprint density at radius 1 is 1.09 bits per heavy atom. The van der Waals surface area contributed by atoms with Gasteiger partial charge in [-0.05, 0) is 36.2 Å². The predicted octanol–water partition coefficient (Wildman–Crippen LogP) is 4.40. The van der Waals surface area contributed by atoms with Crippen molar-refractivity contribution >= 4 is 14.8 Å². The van der Waals surface area contributed by atoms with Crippen LogP contribution in [0.5, 0.6) is 0 Å². The first-order valence-electron chi connectivity index (χ1n) is 7.99. The van der Waals surface area contributed by atoms with Crippen LogP contribution in [0.3, 0.4) is 0 Å². The number of carbonyl (C=O) groups excluding carboxylic acids is 1. The molecular formula is C19H25NO2Si. The zero-order valence-corrected chi connectivity index (χ0v) is 15.7. The maximum absolute atomic E-state index is 12.4. The number of rotatable bonds is 5. The molecule has 0 saturated carbocycles. The summed E-state index contributed by atoms with van der Waals surface area (Å²) in [5, 5.41) is 0. The third kappa shape index (κ3) is 4.59. The number of carbonyl (C=O) groups is 1. The fourth-order valence-electron chi connectivity index (χ4n) is 2.53. The molecule has 3 nitrogen and oxygen atoms in total. The molecule has 1 heterocycles. The van der Waals surface area contributed by atoms with Crippen molar-refractivity contribution in [3.63, 3.8) is 0 Å². The summed E-state index contributed by atoms with van der Waals surface area (Å²) in [4.78, 5) is 16.4. The van der Waals surface area contributed by atoms with E-state index in [-0.39, 0.29) is 17.3 Å². The molecular weight excluding hydrogens is 302 g/mol. The molecule has 0 spiro atoms. The van der Waals surface area contributed by atoms with Gasteiger partial charge in [-0.3, -0.25) is 9.78 Å². The fourth-order valence-corrected chi connectivity index (χ4v) is 3.64. The van der Waals surface area contributed by atoms with E-state index in [1.54, 1.807) is 24.5 Å². The number of ketones is 1. The maximum atomic E-state index is 12.4. The van der Waals surface area contributed by atoms with Gasteiger partial charge in [0.15, 0.2) is 14.8 Å². The van der Waals surface area contributed by atoms with Crippen molar-refractivity contribution < 1.29 is 9.22 Å². The molecule has 0 aliphatic carbocycles. The predicted molar refractivity (Wildman–Crippen MR) is 96.3 cm³/mol. The summed E-state index contributed by atoms with van der Waals surface area (Å²) >= 11 is 0. The summed E-state index contributed by atoms with van der Waals surface area (Å²) in [7, 11) is -1.15. The maximum Gasteiger partial charge on any atom is 0.194 e. The van der Waals surface area contributed by atoms with Crippen molar-refractivity contribution in [2.75, 3.05) is 0 Å². The Morgan fingerprint density at radius 3 is 2.22 bits per heavy atom. The van der Waals surface area contributed by atoms with Gasteiger partial charge in [0.2, 0.25) is 0 Å². The van der Waals surface area contributed by atoms with Crippen molar-refractivity contribution in [1.29, 1.82) is 0 Å². The van der Waals surface area contributed by atoms with Gasteiger partial charge in [0.25, 0.3) is 0 Å². The van der Waals surface area contributed by atoms with E-state index in [0.717, 1.165) is 5.56 Å². The van der Waals surface area contributed by atoms with Gasteiger partial charge < -0.3 is 4.43 Å². The van der Waals surface area contributed by atoms with Crippen LogP contribution < -0.4 is 0 Å². The second-order valence-corrected chi connectivity index (χ2v) is 9.49. The fraction of sp³-hybridized carbons (Fsp3) is 0.368. The van der Waals surface area contributed by atoms with Crippen LogP contribution in [-0.4, -0.2) is 19.8 Å². The van der Waals surface area contributed by atoms with Crippen molar-refractivity contribution in [2.24, 2.45) is 5.41 Å². The van der Waals surface area contributed by atoms with E-state index in [4.69, 9.17) is 4.43 Å².